The van der Waals surface area contributed by atoms with Gasteiger partial charge in [-0.05, 0) is 48.2 Å². The van der Waals surface area contributed by atoms with Crippen LogP contribution in [0.4, 0.5) is 13.2 Å². The van der Waals surface area contributed by atoms with Crippen molar-refractivity contribution >= 4 is 9.84 Å². The molecule has 2 aromatic rings. The van der Waals surface area contributed by atoms with Gasteiger partial charge in [0.05, 0.1) is 29.4 Å². The number of sulfone groups is 1. The molecule has 1 unspecified atom stereocenters. The van der Waals surface area contributed by atoms with E-state index in [1.165, 1.54) is 37.4 Å². The predicted molar refractivity (Wildman–Crippen MR) is 117 cm³/mol. The largest absolute Gasteiger partial charge is 0.497 e. The summed E-state index contributed by atoms with van der Waals surface area (Å²) in [5.41, 5.74) is -1.33. The van der Waals surface area contributed by atoms with Crippen molar-refractivity contribution in [2.75, 3.05) is 12.9 Å². The quantitative estimate of drug-likeness (QED) is 0.599. The topological polar surface area (TPSA) is 63.6 Å². The highest BCUT2D eigenvalue weighted by Gasteiger charge is 2.49. The zero-order chi connectivity index (χ0) is 23.7. The lowest BCUT2D eigenvalue weighted by atomic mass is 9.69. The first-order valence-electron chi connectivity index (χ1n) is 10.7. The van der Waals surface area contributed by atoms with E-state index in [4.69, 9.17) is 4.74 Å². The van der Waals surface area contributed by atoms with Gasteiger partial charge in [0.2, 0.25) is 0 Å². The average Bonchev–Trinajstić information content (AvgIpc) is 2.82. The number of ether oxygens (including phenoxy) is 1. The third-order valence-corrected chi connectivity index (χ3v) is 8.61. The summed E-state index contributed by atoms with van der Waals surface area (Å²) in [6.45, 7) is 3.80. The van der Waals surface area contributed by atoms with Gasteiger partial charge in [-0.1, -0.05) is 44.9 Å². The Morgan fingerprint density at radius 1 is 1.16 bits per heavy atom. The van der Waals surface area contributed by atoms with E-state index in [1.54, 1.807) is 0 Å². The van der Waals surface area contributed by atoms with Crippen LogP contribution in [0.3, 0.4) is 0 Å². The summed E-state index contributed by atoms with van der Waals surface area (Å²) in [5.74, 6) is -0.830. The van der Waals surface area contributed by atoms with Crippen molar-refractivity contribution in [1.29, 1.82) is 0 Å². The van der Waals surface area contributed by atoms with Gasteiger partial charge in [0, 0.05) is 11.3 Å². The fourth-order valence-electron chi connectivity index (χ4n) is 4.75. The van der Waals surface area contributed by atoms with Crippen LogP contribution in [0.15, 0.2) is 47.4 Å². The van der Waals surface area contributed by atoms with Gasteiger partial charge >= 0.3 is 6.18 Å². The molecule has 176 valence electrons. The Morgan fingerprint density at radius 2 is 1.88 bits per heavy atom. The molecule has 0 saturated heterocycles. The van der Waals surface area contributed by atoms with Crippen LogP contribution in [0.25, 0.3) is 0 Å². The molecule has 0 aliphatic carbocycles. The molecule has 0 aromatic heterocycles. The van der Waals surface area contributed by atoms with Crippen LogP contribution in [0.5, 0.6) is 5.75 Å². The van der Waals surface area contributed by atoms with Gasteiger partial charge in [0.25, 0.3) is 0 Å². The van der Waals surface area contributed by atoms with Gasteiger partial charge in [-0.25, -0.2) is 8.42 Å². The minimum absolute atomic E-state index is 0.0339. The number of methoxy groups -OCH3 is 1. The van der Waals surface area contributed by atoms with E-state index in [0.717, 1.165) is 18.6 Å². The Balaban J connectivity index is 2.32. The lowest BCUT2D eigenvalue weighted by Gasteiger charge is -2.39. The van der Waals surface area contributed by atoms with Gasteiger partial charge in [0.1, 0.15) is 5.75 Å². The molecule has 4 nitrogen and oxygen atoms in total. The highest BCUT2D eigenvalue weighted by atomic mass is 32.2. The summed E-state index contributed by atoms with van der Waals surface area (Å²) >= 11 is 0. The first kappa shape index (κ1) is 24.6. The van der Waals surface area contributed by atoms with Crippen molar-refractivity contribution in [2.24, 2.45) is 5.41 Å². The Bertz CT molecular complexity index is 1070. The third kappa shape index (κ3) is 4.53. The molecule has 0 saturated carbocycles. The first-order valence-corrected chi connectivity index (χ1v) is 12.4. The standard InChI is InChI=1S/C24H29F3O4S/c1-4-6-12-23(5-2)15-32(29,30)20-11-10-18(31-3)14-19(20)21(22(23)28)16-8-7-9-17(13-16)24(25,26)27/h7-11,13-14,21-22,28H,4-6,12,15H2,1-3H3/t21-,22?,23-/m1/s1. The number of hydrogen-bond donors (Lipinski definition) is 1. The number of benzene rings is 2. The van der Waals surface area contributed by atoms with Crippen molar-refractivity contribution in [3.63, 3.8) is 0 Å². The Labute approximate surface area is 187 Å². The summed E-state index contributed by atoms with van der Waals surface area (Å²) in [5, 5.41) is 11.7. The number of hydrogen-bond acceptors (Lipinski definition) is 4. The maximum atomic E-state index is 13.5. The van der Waals surface area contributed by atoms with Crippen LogP contribution in [0, 0.1) is 5.41 Å². The SMILES string of the molecule is CCCC[C@]1(CC)CS(=O)(=O)c2ccc(OC)cc2[C@@H](c2cccc(C(F)(F)F)c2)C1O. The molecule has 1 aliphatic rings. The normalized spacial score (nSPS) is 25.1. The summed E-state index contributed by atoms with van der Waals surface area (Å²) < 4.78 is 72.5. The lowest BCUT2D eigenvalue weighted by Crippen LogP contribution is -2.42. The van der Waals surface area contributed by atoms with E-state index < -0.39 is 39.0 Å². The van der Waals surface area contributed by atoms with E-state index in [0.29, 0.717) is 25.0 Å². The highest BCUT2D eigenvalue weighted by Crippen LogP contribution is 2.49. The molecule has 3 atom stereocenters. The smallest absolute Gasteiger partial charge is 0.416 e. The number of fused-ring (bicyclic) bond motifs is 1. The fourth-order valence-corrected chi connectivity index (χ4v) is 7.00. The Morgan fingerprint density at radius 3 is 2.47 bits per heavy atom. The Hall–Kier alpha value is -2.06. The summed E-state index contributed by atoms with van der Waals surface area (Å²) in [6.07, 6.45) is -3.39. The molecule has 1 aliphatic heterocycles. The molecular weight excluding hydrogens is 441 g/mol. The van der Waals surface area contributed by atoms with E-state index in [2.05, 4.69) is 0 Å². The molecule has 0 radical (unpaired) electrons. The summed E-state index contributed by atoms with van der Waals surface area (Å²) in [4.78, 5) is 0.0339. The van der Waals surface area contributed by atoms with Crippen molar-refractivity contribution in [2.45, 2.75) is 62.6 Å². The molecule has 32 heavy (non-hydrogen) atoms. The highest BCUT2D eigenvalue weighted by molar-refractivity contribution is 7.91. The van der Waals surface area contributed by atoms with Crippen LogP contribution >= 0.6 is 0 Å². The second kappa shape index (κ2) is 9.06. The van der Waals surface area contributed by atoms with Crippen LogP contribution < -0.4 is 4.74 Å². The number of halogens is 3. The molecule has 0 spiro atoms. The van der Waals surface area contributed by atoms with Gasteiger partial charge < -0.3 is 9.84 Å². The van der Waals surface area contributed by atoms with Gasteiger partial charge in [-0.3, -0.25) is 0 Å². The second-order valence-electron chi connectivity index (χ2n) is 8.53. The van der Waals surface area contributed by atoms with E-state index in [1.807, 2.05) is 13.8 Å². The predicted octanol–water partition coefficient (Wildman–Crippen LogP) is 5.58. The molecule has 1 heterocycles. The van der Waals surface area contributed by atoms with Crippen LogP contribution in [-0.2, 0) is 16.0 Å². The minimum Gasteiger partial charge on any atom is -0.497 e. The third-order valence-electron chi connectivity index (χ3n) is 6.61. The molecule has 2 aromatic carbocycles. The number of alkyl halides is 3. The number of aliphatic hydroxyl groups is 1. The minimum atomic E-state index is -4.56. The maximum Gasteiger partial charge on any atom is 0.416 e. The number of aliphatic hydroxyl groups excluding tert-OH is 1. The maximum absolute atomic E-state index is 13.5. The molecule has 8 heteroatoms. The van der Waals surface area contributed by atoms with Crippen LogP contribution in [0.1, 0.15) is 62.1 Å². The van der Waals surface area contributed by atoms with Crippen molar-refractivity contribution in [1.82, 2.24) is 0 Å². The molecular formula is C24H29F3O4S. The van der Waals surface area contributed by atoms with E-state index >= 15 is 0 Å². The summed E-state index contributed by atoms with van der Waals surface area (Å²) in [6, 6.07) is 9.27. The summed E-state index contributed by atoms with van der Waals surface area (Å²) in [7, 11) is -2.37. The fraction of sp³-hybridized carbons (Fsp3) is 0.500. The lowest BCUT2D eigenvalue weighted by molar-refractivity contribution is -0.137. The Kier molecular flexibility index (Phi) is 6.96. The van der Waals surface area contributed by atoms with Gasteiger partial charge in [-0.2, -0.15) is 13.2 Å². The molecule has 0 fully saturated rings. The number of rotatable bonds is 6. The van der Waals surface area contributed by atoms with Gasteiger partial charge in [0.15, 0.2) is 9.84 Å². The molecule has 1 N–H and O–H groups in total. The number of unbranched alkanes of at least 4 members (excludes halogenated alkanes) is 1. The molecule has 0 amide bonds. The average molecular weight is 471 g/mol. The van der Waals surface area contributed by atoms with Crippen molar-refractivity contribution < 1.29 is 31.4 Å². The molecule has 0 bridgehead atoms. The van der Waals surface area contributed by atoms with Crippen LogP contribution in [0.2, 0.25) is 0 Å². The molecule has 3 rings (SSSR count). The van der Waals surface area contributed by atoms with Crippen molar-refractivity contribution in [3.8, 4) is 5.75 Å². The van der Waals surface area contributed by atoms with Crippen LogP contribution in [-0.4, -0.2) is 32.5 Å². The second-order valence-corrected chi connectivity index (χ2v) is 10.5. The zero-order valence-electron chi connectivity index (χ0n) is 18.4. The van der Waals surface area contributed by atoms with E-state index in [9.17, 15) is 26.7 Å². The monoisotopic (exact) mass is 470 g/mol. The van der Waals surface area contributed by atoms with Gasteiger partial charge in [-0.15, -0.1) is 0 Å². The van der Waals surface area contributed by atoms with Crippen molar-refractivity contribution in [3.05, 3.63) is 59.2 Å². The first-order chi connectivity index (χ1) is 15.0. The zero-order valence-corrected chi connectivity index (χ0v) is 19.3. The van der Waals surface area contributed by atoms with E-state index in [-0.39, 0.29) is 21.8 Å².